The molecule has 230 valence electrons. The topological polar surface area (TPSA) is 112 Å². The van der Waals surface area contributed by atoms with Gasteiger partial charge in [-0.2, -0.15) is 26.3 Å². The highest BCUT2D eigenvalue weighted by Crippen LogP contribution is 2.41. The number of aromatic nitrogens is 2. The summed E-state index contributed by atoms with van der Waals surface area (Å²) in [5, 5.41) is 14.2. The number of likely N-dealkylation sites (tertiary alicyclic amines) is 1. The number of rotatable bonds is 3. The highest BCUT2D eigenvalue weighted by atomic mass is 19.4. The summed E-state index contributed by atoms with van der Waals surface area (Å²) in [5.41, 5.74) is 5.12. The van der Waals surface area contributed by atoms with Crippen LogP contribution in [0.4, 0.5) is 26.3 Å². The van der Waals surface area contributed by atoms with Crippen molar-refractivity contribution in [1.29, 1.82) is 0 Å². The van der Waals surface area contributed by atoms with Crippen molar-refractivity contribution in [3.05, 3.63) is 66.0 Å². The van der Waals surface area contributed by atoms with Crippen LogP contribution in [0.5, 0.6) is 0 Å². The van der Waals surface area contributed by atoms with Crippen LogP contribution in [-0.4, -0.2) is 80.5 Å². The van der Waals surface area contributed by atoms with Crippen molar-refractivity contribution in [2.24, 2.45) is 0 Å². The first-order valence-corrected chi connectivity index (χ1v) is 12.7. The minimum atomic E-state index is -5.08. The molecule has 0 saturated carbocycles. The number of carboxylic acid groups (broad SMARTS) is 2. The van der Waals surface area contributed by atoms with E-state index < -0.39 is 24.3 Å². The summed E-state index contributed by atoms with van der Waals surface area (Å²) < 4.78 is 71.2. The fourth-order valence-corrected chi connectivity index (χ4v) is 4.89. The van der Waals surface area contributed by atoms with Gasteiger partial charge in [-0.25, -0.2) is 14.6 Å². The van der Waals surface area contributed by atoms with Gasteiger partial charge in [-0.15, -0.1) is 0 Å². The second-order valence-corrected chi connectivity index (χ2v) is 9.95. The van der Waals surface area contributed by atoms with Gasteiger partial charge in [0.25, 0.3) is 0 Å². The van der Waals surface area contributed by atoms with Crippen molar-refractivity contribution in [2.75, 3.05) is 26.7 Å². The molecule has 15 heteroatoms. The van der Waals surface area contributed by atoms with Crippen LogP contribution in [-0.2, 0) is 28.2 Å². The smallest absolute Gasteiger partial charge is 0.475 e. The molecule has 0 aliphatic carbocycles. The molecular formula is C27H30F6N4O5. The minimum Gasteiger partial charge on any atom is -0.475 e. The molecular weight excluding hydrogens is 574 g/mol. The number of fused-ring (bicyclic) bond motifs is 2. The van der Waals surface area contributed by atoms with Crippen molar-refractivity contribution in [3.63, 3.8) is 0 Å². The van der Waals surface area contributed by atoms with Crippen LogP contribution in [0.3, 0.4) is 0 Å². The summed E-state index contributed by atoms with van der Waals surface area (Å²) >= 11 is 0. The Morgan fingerprint density at radius 1 is 0.929 bits per heavy atom. The molecule has 0 amide bonds. The standard InChI is InChI=1S/C23H28N4O.2C2HF3O2/c1-18-3-5-20(6-4-18)21-15-24-22-23(25(2)12-13-27(21)22)8-10-26(11-9-23)16-19-7-14-28-17-19;2*3-2(4,5)1(6)7/h3-7,14-15,17H,8-13,16H2,1-2H3;2*(H,6,7). The Kier molecular flexibility index (Phi) is 10.1. The molecule has 2 aliphatic rings. The van der Waals surface area contributed by atoms with Gasteiger partial charge < -0.3 is 19.2 Å². The number of alkyl halides is 6. The van der Waals surface area contributed by atoms with Crippen molar-refractivity contribution in [2.45, 2.75) is 50.7 Å². The van der Waals surface area contributed by atoms with Crippen LogP contribution in [0.2, 0.25) is 0 Å². The summed E-state index contributed by atoms with van der Waals surface area (Å²) in [6.45, 7) is 7.36. The van der Waals surface area contributed by atoms with Crippen LogP contribution < -0.4 is 0 Å². The normalized spacial score (nSPS) is 17.0. The lowest BCUT2D eigenvalue weighted by Crippen LogP contribution is -2.56. The van der Waals surface area contributed by atoms with Crippen molar-refractivity contribution < 1.29 is 50.6 Å². The Hall–Kier alpha value is -3.85. The second kappa shape index (κ2) is 13.0. The third-order valence-electron chi connectivity index (χ3n) is 7.16. The van der Waals surface area contributed by atoms with Crippen molar-refractivity contribution in [1.82, 2.24) is 19.4 Å². The Bertz CT molecular complexity index is 1300. The molecule has 5 rings (SSSR count). The zero-order chi connectivity index (χ0) is 31.3. The van der Waals surface area contributed by atoms with Crippen molar-refractivity contribution in [3.8, 4) is 11.3 Å². The number of hydrogen-bond acceptors (Lipinski definition) is 6. The van der Waals surface area contributed by atoms with Gasteiger partial charge >= 0.3 is 24.3 Å². The number of aliphatic carboxylic acids is 2. The Morgan fingerprint density at radius 3 is 1.95 bits per heavy atom. The fraction of sp³-hybridized carbons (Fsp3) is 0.444. The van der Waals surface area contributed by atoms with Gasteiger partial charge in [0.2, 0.25) is 0 Å². The van der Waals surface area contributed by atoms with E-state index in [1.54, 1.807) is 6.26 Å². The first-order chi connectivity index (χ1) is 19.5. The molecule has 42 heavy (non-hydrogen) atoms. The molecule has 1 saturated heterocycles. The predicted octanol–water partition coefficient (Wildman–Crippen LogP) is 5.15. The van der Waals surface area contributed by atoms with E-state index in [-0.39, 0.29) is 5.54 Å². The van der Waals surface area contributed by atoms with Crippen molar-refractivity contribution >= 4 is 11.9 Å². The van der Waals surface area contributed by atoms with Gasteiger partial charge in [0, 0.05) is 38.3 Å². The molecule has 1 spiro atoms. The number of hydrogen-bond donors (Lipinski definition) is 2. The molecule has 9 nitrogen and oxygen atoms in total. The third-order valence-corrected chi connectivity index (χ3v) is 7.16. The average Bonchev–Trinajstić information content (AvgIpc) is 3.58. The highest BCUT2D eigenvalue weighted by molar-refractivity contribution is 5.73. The number of furan rings is 1. The first-order valence-electron chi connectivity index (χ1n) is 12.7. The number of imidazole rings is 1. The maximum absolute atomic E-state index is 10.6. The van der Waals surface area contributed by atoms with Gasteiger partial charge in [0.05, 0.1) is 30.0 Å². The maximum Gasteiger partial charge on any atom is 0.490 e. The van der Waals surface area contributed by atoms with Gasteiger partial charge in [-0.3, -0.25) is 9.80 Å². The zero-order valence-electron chi connectivity index (χ0n) is 22.7. The summed E-state index contributed by atoms with van der Waals surface area (Å²) in [4.78, 5) is 27.8. The number of carboxylic acids is 2. The predicted molar refractivity (Wildman–Crippen MR) is 137 cm³/mol. The lowest BCUT2D eigenvalue weighted by molar-refractivity contribution is -0.193. The molecule has 0 bridgehead atoms. The number of nitrogens with zero attached hydrogens (tertiary/aromatic N) is 4. The van der Waals surface area contributed by atoms with E-state index in [1.807, 2.05) is 6.26 Å². The number of benzene rings is 1. The minimum absolute atomic E-state index is 0.0497. The van der Waals surface area contributed by atoms with E-state index >= 15 is 0 Å². The van der Waals surface area contributed by atoms with Gasteiger partial charge in [0.1, 0.15) is 5.82 Å². The summed E-state index contributed by atoms with van der Waals surface area (Å²) in [7, 11) is 2.27. The van der Waals surface area contributed by atoms with Gasteiger partial charge in [-0.1, -0.05) is 29.8 Å². The molecule has 4 heterocycles. The van der Waals surface area contributed by atoms with E-state index in [9.17, 15) is 26.3 Å². The fourth-order valence-electron chi connectivity index (χ4n) is 4.89. The van der Waals surface area contributed by atoms with Gasteiger partial charge in [-0.05, 0) is 38.4 Å². The molecule has 2 aromatic heterocycles. The lowest BCUT2D eigenvalue weighted by Gasteiger charge is -2.49. The summed E-state index contributed by atoms with van der Waals surface area (Å²) in [6.07, 6.45) is -2.23. The van der Waals surface area contributed by atoms with Crippen LogP contribution in [0.15, 0.2) is 53.5 Å². The van der Waals surface area contributed by atoms with Crippen LogP contribution in [0, 0.1) is 6.92 Å². The Balaban J connectivity index is 0.000000289. The zero-order valence-corrected chi connectivity index (χ0v) is 22.7. The SMILES string of the molecule is Cc1ccc(-c2cnc3n2CCN(C)C32CCN(Cc3ccoc3)CC2)cc1.O=C(O)C(F)(F)F.O=C(O)C(F)(F)F. The van der Waals surface area contributed by atoms with E-state index in [2.05, 4.69) is 64.9 Å². The number of aryl methyl sites for hydroxylation is 1. The third kappa shape index (κ3) is 7.91. The number of piperidine rings is 1. The maximum atomic E-state index is 10.6. The Labute approximate surface area is 237 Å². The summed E-state index contributed by atoms with van der Waals surface area (Å²) in [6, 6.07) is 10.9. The number of halogens is 6. The Morgan fingerprint density at radius 2 is 1.48 bits per heavy atom. The van der Waals surface area contributed by atoms with E-state index in [1.165, 1.54) is 28.2 Å². The highest BCUT2D eigenvalue weighted by Gasteiger charge is 2.45. The average molecular weight is 605 g/mol. The van der Waals surface area contributed by atoms with E-state index in [4.69, 9.17) is 29.2 Å². The molecule has 3 aromatic rings. The number of carbonyl (C=O) groups is 2. The largest absolute Gasteiger partial charge is 0.490 e. The molecule has 2 N–H and O–H groups in total. The summed E-state index contributed by atoms with van der Waals surface area (Å²) in [5.74, 6) is -4.26. The molecule has 2 aliphatic heterocycles. The van der Waals surface area contributed by atoms with Crippen LogP contribution in [0.1, 0.15) is 29.8 Å². The second-order valence-electron chi connectivity index (χ2n) is 9.95. The van der Waals surface area contributed by atoms with E-state index in [0.717, 1.165) is 45.6 Å². The van der Waals surface area contributed by atoms with Crippen LogP contribution >= 0.6 is 0 Å². The first kappa shape index (κ1) is 32.7. The van der Waals surface area contributed by atoms with Crippen LogP contribution in [0.25, 0.3) is 11.3 Å². The molecule has 0 unspecified atom stereocenters. The molecule has 1 fully saturated rings. The quantitative estimate of drug-likeness (QED) is 0.395. The molecule has 0 radical (unpaired) electrons. The molecule has 0 atom stereocenters. The number of likely N-dealkylation sites (N-methyl/N-ethyl adjacent to an activating group) is 1. The van der Waals surface area contributed by atoms with E-state index in [0.29, 0.717) is 0 Å². The molecule has 1 aromatic carbocycles. The monoisotopic (exact) mass is 604 g/mol. The lowest BCUT2D eigenvalue weighted by atomic mass is 9.83. The van der Waals surface area contributed by atoms with Gasteiger partial charge in [0.15, 0.2) is 0 Å².